The predicted octanol–water partition coefficient (Wildman–Crippen LogP) is 2.14. The second-order valence-electron chi connectivity index (χ2n) is 4.79. The molecule has 2 N–H and O–H groups in total. The van der Waals surface area contributed by atoms with E-state index in [0.29, 0.717) is 0 Å². The number of aromatic nitrogens is 2. The van der Waals surface area contributed by atoms with Gasteiger partial charge in [-0.05, 0) is 33.1 Å². The van der Waals surface area contributed by atoms with E-state index in [1.165, 1.54) is 12.8 Å². The molecule has 1 aliphatic carbocycles. The molecule has 0 amide bonds. The molecule has 5 nitrogen and oxygen atoms in total. The van der Waals surface area contributed by atoms with Gasteiger partial charge in [0.15, 0.2) is 5.16 Å². The molecule has 1 fully saturated rings. The van der Waals surface area contributed by atoms with Crippen LogP contribution in [0.25, 0.3) is 0 Å². The summed E-state index contributed by atoms with van der Waals surface area (Å²) in [6.45, 7) is 4.91. The van der Waals surface area contributed by atoms with Gasteiger partial charge in [0.2, 0.25) is 0 Å². The van der Waals surface area contributed by atoms with Crippen molar-refractivity contribution in [2.75, 3.05) is 43.6 Å². The lowest BCUT2D eigenvalue weighted by atomic mass is 10.4. The van der Waals surface area contributed by atoms with E-state index >= 15 is 0 Å². The second-order valence-corrected chi connectivity index (χ2v) is 5.57. The van der Waals surface area contributed by atoms with Crippen LogP contribution in [0.4, 0.5) is 11.6 Å². The van der Waals surface area contributed by atoms with Crippen molar-refractivity contribution < 1.29 is 0 Å². The van der Waals surface area contributed by atoms with Gasteiger partial charge in [0.1, 0.15) is 11.6 Å². The first-order valence-electron chi connectivity index (χ1n) is 6.84. The SMILES string of the molecule is CCNc1cc(NCCN(C)C2CC2)nc(SC)n1. The molecule has 1 aromatic heterocycles. The third-order valence-electron chi connectivity index (χ3n) is 3.19. The van der Waals surface area contributed by atoms with Crippen LogP contribution in [-0.2, 0) is 0 Å². The monoisotopic (exact) mass is 281 g/mol. The lowest BCUT2D eigenvalue weighted by molar-refractivity contribution is 0.337. The number of nitrogens with zero attached hydrogens (tertiary/aromatic N) is 3. The Bertz CT molecular complexity index is 408. The number of likely N-dealkylation sites (N-methyl/N-ethyl adjacent to an activating group) is 1. The van der Waals surface area contributed by atoms with Gasteiger partial charge in [-0.3, -0.25) is 0 Å². The van der Waals surface area contributed by atoms with E-state index in [-0.39, 0.29) is 0 Å². The molecular formula is C13H23N5S. The summed E-state index contributed by atoms with van der Waals surface area (Å²) in [5.41, 5.74) is 0. The van der Waals surface area contributed by atoms with E-state index in [9.17, 15) is 0 Å². The Morgan fingerprint density at radius 3 is 2.58 bits per heavy atom. The molecule has 0 aromatic carbocycles. The van der Waals surface area contributed by atoms with Crippen LogP contribution in [0.3, 0.4) is 0 Å². The molecule has 1 saturated carbocycles. The molecule has 19 heavy (non-hydrogen) atoms. The van der Waals surface area contributed by atoms with Crippen molar-refractivity contribution in [2.45, 2.75) is 31.0 Å². The Morgan fingerprint density at radius 2 is 2.00 bits per heavy atom. The average Bonchev–Trinajstić information content (AvgIpc) is 3.23. The van der Waals surface area contributed by atoms with Crippen LogP contribution in [0.5, 0.6) is 0 Å². The lowest BCUT2D eigenvalue weighted by Crippen LogP contribution is -2.27. The quantitative estimate of drug-likeness (QED) is 0.562. The standard InChI is InChI=1S/C13H23N5S/c1-4-14-11-9-12(17-13(16-11)19-3)15-7-8-18(2)10-5-6-10/h9-10H,4-8H2,1-3H3,(H2,14,15,16,17). The third-order valence-corrected chi connectivity index (χ3v) is 3.73. The van der Waals surface area contributed by atoms with Crippen LogP contribution < -0.4 is 10.6 Å². The normalized spacial score (nSPS) is 14.7. The fraction of sp³-hybridized carbons (Fsp3) is 0.692. The van der Waals surface area contributed by atoms with E-state index in [1.807, 2.05) is 12.3 Å². The van der Waals surface area contributed by atoms with Crippen molar-refractivity contribution in [3.8, 4) is 0 Å². The third kappa shape index (κ3) is 4.54. The van der Waals surface area contributed by atoms with Crippen LogP contribution in [0, 0.1) is 0 Å². The average molecular weight is 281 g/mol. The summed E-state index contributed by atoms with van der Waals surface area (Å²) in [4.78, 5) is 11.3. The lowest BCUT2D eigenvalue weighted by Gasteiger charge is -2.16. The summed E-state index contributed by atoms with van der Waals surface area (Å²) >= 11 is 1.57. The first kappa shape index (κ1) is 14.4. The maximum Gasteiger partial charge on any atom is 0.191 e. The van der Waals surface area contributed by atoms with Crippen molar-refractivity contribution in [3.05, 3.63) is 6.07 Å². The van der Waals surface area contributed by atoms with Gasteiger partial charge in [-0.25, -0.2) is 9.97 Å². The fourth-order valence-corrected chi connectivity index (χ4v) is 2.32. The van der Waals surface area contributed by atoms with Crippen LogP contribution in [0.2, 0.25) is 0 Å². The van der Waals surface area contributed by atoms with E-state index in [1.54, 1.807) is 11.8 Å². The molecule has 1 aliphatic rings. The molecule has 0 unspecified atom stereocenters. The fourth-order valence-electron chi connectivity index (χ4n) is 1.94. The molecule has 0 radical (unpaired) electrons. The Hall–Kier alpha value is -1.01. The molecule has 1 aromatic rings. The molecule has 0 spiro atoms. The molecule has 0 bridgehead atoms. The highest BCUT2D eigenvalue weighted by Crippen LogP contribution is 2.24. The van der Waals surface area contributed by atoms with Gasteiger partial charge in [0.05, 0.1) is 0 Å². The van der Waals surface area contributed by atoms with Crippen LogP contribution in [0.15, 0.2) is 11.2 Å². The number of anilines is 2. The van der Waals surface area contributed by atoms with Crippen molar-refractivity contribution in [2.24, 2.45) is 0 Å². The van der Waals surface area contributed by atoms with Gasteiger partial charge in [-0.1, -0.05) is 11.8 Å². The zero-order chi connectivity index (χ0) is 13.7. The Morgan fingerprint density at radius 1 is 1.32 bits per heavy atom. The van der Waals surface area contributed by atoms with Crippen LogP contribution in [-0.4, -0.2) is 53.8 Å². The summed E-state index contributed by atoms with van der Waals surface area (Å²) in [5, 5.41) is 7.42. The second kappa shape index (κ2) is 6.96. The minimum absolute atomic E-state index is 0.802. The molecular weight excluding hydrogens is 258 g/mol. The highest BCUT2D eigenvalue weighted by atomic mass is 32.2. The zero-order valence-corrected chi connectivity index (χ0v) is 12.8. The Balaban J connectivity index is 1.88. The molecule has 2 rings (SSSR count). The molecule has 0 atom stereocenters. The van der Waals surface area contributed by atoms with E-state index in [4.69, 9.17) is 0 Å². The van der Waals surface area contributed by atoms with Gasteiger partial charge >= 0.3 is 0 Å². The van der Waals surface area contributed by atoms with E-state index < -0.39 is 0 Å². The topological polar surface area (TPSA) is 53.1 Å². The Kier molecular flexibility index (Phi) is 5.27. The number of rotatable bonds is 8. The summed E-state index contributed by atoms with van der Waals surface area (Å²) in [6.07, 6.45) is 4.70. The van der Waals surface area contributed by atoms with Gasteiger partial charge < -0.3 is 15.5 Å². The van der Waals surface area contributed by atoms with Crippen molar-refractivity contribution in [1.29, 1.82) is 0 Å². The molecule has 6 heteroatoms. The van der Waals surface area contributed by atoms with Gasteiger partial charge in [-0.15, -0.1) is 0 Å². The minimum Gasteiger partial charge on any atom is -0.370 e. The number of hydrogen-bond acceptors (Lipinski definition) is 6. The summed E-state index contributed by atoms with van der Waals surface area (Å²) < 4.78 is 0. The van der Waals surface area contributed by atoms with Gasteiger partial charge in [-0.2, -0.15) is 0 Å². The maximum absolute atomic E-state index is 4.47. The minimum atomic E-state index is 0.802. The van der Waals surface area contributed by atoms with Gasteiger partial charge in [0.25, 0.3) is 0 Å². The first-order chi connectivity index (χ1) is 9.22. The molecule has 0 aliphatic heterocycles. The number of thioether (sulfide) groups is 1. The highest BCUT2D eigenvalue weighted by molar-refractivity contribution is 7.98. The van der Waals surface area contributed by atoms with Gasteiger partial charge in [0, 0.05) is 31.7 Å². The number of nitrogens with one attached hydrogen (secondary N) is 2. The summed E-state index contributed by atoms with van der Waals surface area (Å²) in [6, 6.07) is 2.78. The van der Waals surface area contributed by atoms with Crippen molar-refractivity contribution in [1.82, 2.24) is 14.9 Å². The maximum atomic E-state index is 4.47. The largest absolute Gasteiger partial charge is 0.370 e. The van der Waals surface area contributed by atoms with Crippen LogP contribution >= 0.6 is 11.8 Å². The highest BCUT2D eigenvalue weighted by Gasteiger charge is 2.25. The van der Waals surface area contributed by atoms with E-state index in [2.05, 4.69) is 39.5 Å². The zero-order valence-electron chi connectivity index (χ0n) is 11.9. The summed E-state index contributed by atoms with van der Waals surface area (Å²) in [5.74, 6) is 1.79. The van der Waals surface area contributed by atoms with E-state index in [0.717, 1.165) is 42.5 Å². The molecule has 106 valence electrons. The van der Waals surface area contributed by atoms with Crippen molar-refractivity contribution in [3.63, 3.8) is 0 Å². The first-order valence-corrected chi connectivity index (χ1v) is 8.06. The van der Waals surface area contributed by atoms with Crippen molar-refractivity contribution >= 4 is 23.4 Å². The van der Waals surface area contributed by atoms with Crippen LogP contribution in [0.1, 0.15) is 19.8 Å². The predicted molar refractivity (Wildman–Crippen MR) is 82.1 cm³/mol. The Labute approximate surface area is 119 Å². The number of hydrogen-bond donors (Lipinski definition) is 2. The molecule has 1 heterocycles. The molecule has 0 saturated heterocycles. The summed E-state index contributed by atoms with van der Waals surface area (Å²) in [7, 11) is 2.19. The smallest absolute Gasteiger partial charge is 0.191 e.